The fourth-order valence-corrected chi connectivity index (χ4v) is 2.45. The number of pyridine rings is 1. The van der Waals surface area contributed by atoms with E-state index in [4.69, 9.17) is 5.11 Å². The Morgan fingerprint density at radius 1 is 1.53 bits per heavy atom. The molecule has 0 aliphatic heterocycles. The van der Waals surface area contributed by atoms with Gasteiger partial charge in [-0.25, -0.2) is 9.78 Å². The van der Waals surface area contributed by atoms with Gasteiger partial charge in [-0.2, -0.15) is 0 Å². The number of nitrogens with zero attached hydrogens (tertiary/aromatic N) is 2. The number of aromatic carboxylic acids is 1. The molecular formula is C13H18N2O2. The first-order chi connectivity index (χ1) is 8.16. The summed E-state index contributed by atoms with van der Waals surface area (Å²) in [5.74, 6) is -0.963. The molecule has 1 saturated carbocycles. The number of rotatable bonds is 4. The predicted molar refractivity (Wildman–Crippen MR) is 64.9 cm³/mol. The van der Waals surface area contributed by atoms with Crippen LogP contribution in [0.25, 0.3) is 0 Å². The minimum atomic E-state index is -0.963. The van der Waals surface area contributed by atoms with Crippen LogP contribution >= 0.6 is 0 Å². The normalized spacial score (nSPS) is 16.6. The van der Waals surface area contributed by atoms with Gasteiger partial charge in [-0.05, 0) is 37.6 Å². The molecule has 0 amide bonds. The average molecular weight is 234 g/mol. The van der Waals surface area contributed by atoms with E-state index in [1.807, 2.05) is 6.07 Å². The Kier molecular flexibility index (Phi) is 3.74. The zero-order valence-electron chi connectivity index (χ0n) is 10.1. The van der Waals surface area contributed by atoms with Crippen LogP contribution < -0.4 is 0 Å². The molecule has 0 bridgehead atoms. The Bertz CT molecular complexity index is 400. The highest BCUT2D eigenvalue weighted by molar-refractivity contribution is 5.85. The Morgan fingerprint density at radius 2 is 2.24 bits per heavy atom. The van der Waals surface area contributed by atoms with Crippen LogP contribution in [0.5, 0.6) is 0 Å². The van der Waals surface area contributed by atoms with Crippen LogP contribution in [0.4, 0.5) is 0 Å². The molecule has 0 aromatic carbocycles. The smallest absolute Gasteiger partial charge is 0.354 e. The second-order valence-corrected chi connectivity index (χ2v) is 4.71. The SMILES string of the molecule is CN(Cc1ccnc(C(=O)O)c1)C1CCCC1. The predicted octanol–water partition coefficient (Wildman–Crippen LogP) is 2.15. The van der Waals surface area contributed by atoms with E-state index in [9.17, 15) is 4.79 Å². The molecule has 0 saturated heterocycles. The topological polar surface area (TPSA) is 53.4 Å². The number of carboxylic acid groups (broad SMARTS) is 1. The van der Waals surface area contributed by atoms with Gasteiger partial charge in [-0.3, -0.25) is 4.90 Å². The van der Waals surface area contributed by atoms with Gasteiger partial charge in [0, 0.05) is 18.8 Å². The van der Waals surface area contributed by atoms with E-state index in [1.54, 1.807) is 12.3 Å². The highest BCUT2D eigenvalue weighted by atomic mass is 16.4. The van der Waals surface area contributed by atoms with Gasteiger partial charge in [0.2, 0.25) is 0 Å². The zero-order chi connectivity index (χ0) is 12.3. The van der Waals surface area contributed by atoms with E-state index >= 15 is 0 Å². The molecule has 17 heavy (non-hydrogen) atoms. The summed E-state index contributed by atoms with van der Waals surface area (Å²) in [5, 5.41) is 8.88. The molecule has 1 aliphatic carbocycles. The second kappa shape index (κ2) is 5.27. The van der Waals surface area contributed by atoms with Crippen LogP contribution in [0.15, 0.2) is 18.3 Å². The molecule has 1 N–H and O–H groups in total. The maximum Gasteiger partial charge on any atom is 0.354 e. The van der Waals surface area contributed by atoms with Crippen molar-refractivity contribution in [2.45, 2.75) is 38.3 Å². The van der Waals surface area contributed by atoms with Gasteiger partial charge in [0.1, 0.15) is 5.69 Å². The summed E-state index contributed by atoms with van der Waals surface area (Å²) in [4.78, 5) is 17.0. The largest absolute Gasteiger partial charge is 0.477 e. The number of hydrogen-bond acceptors (Lipinski definition) is 3. The molecular weight excluding hydrogens is 216 g/mol. The fraction of sp³-hybridized carbons (Fsp3) is 0.538. The van der Waals surface area contributed by atoms with Crippen LogP contribution in [-0.4, -0.2) is 34.0 Å². The van der Waals surface area contributed by atoms with Crippen molar-refractivity contribution in [1.82, 2.24) is 9.88 Å². The Morgan fingerprint density at radius 3 is 2.88 bits per heavy atom. The Balaban J connectivity index is 2.02. The first kappa shape index (κ1) is 12.0. The highest BCUT2D eigenvalue weighted by Crippen LogP contribution is 2.23. The molecule has 1 aromatic rings. The summed E-state index contributed by atoms with van der Waals surface area (Å²) in [6.45, 7) is 0.799. The number of aromatic nitrogens is 1. The molecule has 2 rings (SSSR count). The molecule has 0 radical (unpaired) electrons. The van der Waals surface area contributed by atoms with Gasteiger partial charge in [0.15, 0.2) is 0 Å². The minimum absolute atomic E-state index is 0.127. The maximum atomic E-state index is 10.8. The molecule has 0 atom stereocenters. The molecule has 4 heteroatoms. The maximum absolute atomic E-state index is 10.8. The van der Waals surface area contributed by atoms with Crippen LogP contribution in [0.3, 0.4) is 0 Å². The van der Waals surface area contributed by atoms with Gasteiger partial charge in [-0.1, -0.05) is 12.8 Å². The van der Waals surface area contributed by atoms with Crippen LogP contribution in [-0.2, 0) is 6.54 Å². The molecule has 1 aromatic heterocycles. The molecule has 1 aliphatic rings. The lowest BCUT2D eigenvalue weighted by Gasteiger charge is -2.23. The molecule has 0 unspecified atom stereocenters. The summed E-state index contributed by atoms with van der Waals surface area (Å²) >= 11 is 0. The van der Waals surface area contributed by atoms with E-state index in [0.717, 1.165) is 12.1 Å². The van der Waals surface area contributed by atoms with E-state index in [1.165, 1.54) is 25.7 Å². The van der Waals surface area contributed by atoms with E-state index in [2.05, 4.69) is 16.9 Å². The summed E-state index contributed by atoms with van der Waals surface area (Å²) in [7, 11) is 2.11. The van der Waals surface area contributed by atoms with Crippen molar-refractivity contribution in [1.29, 1.82) is 0 Å². The molecule has 92 valence electrons. The van der Waals surface area contributed by atoms with Crippen molar-refractivity contribution >= 4 is 5.97 Å². The third-order valence-corrected chi connectivity index (χ3v) is 3.42. The van der Waals surface area contributed by atoms with Gasteiger partial charge in [0.25, 0.3) is 0 Å². The fourth-order valence-electron chi connectivity index (χ4n) is 2.45. The van der Waals surface area contributed by atoms with Gasteiger partial charge >= 0.3 is 5.97 Å². The number of carbonyl (C=O) groups is 1. The summed E-state index contributed by atoms with van der Waals surface area (Å²) in [6, 6.07) is 4.20. The van der Waals surface area contributed by atoms with Crippen molar-refractivity contribution < 1.29 is 9.90 Å². The summed E-state index contributed by atoms with van der Waals surface area (Å²) in [5.41, 5.74) is 1.15. The van der Waals surface area contributed by atoms with Gasteiger partial charge in [-0.15, -0.1) is 0 Å². The lowest BCUT2D eigenvalue weighted by atomic mass is 10.1. The third-order valence-electron chi connectivity index (χ3n) is 3.42. The first-order valence-electron chi connectivity index (χ1n) is 6.05. The lowest BCUT2D eigenvalue weighted by molar-refractivity contribution is 0.0690. The lowest BCUT2D eigenvalue weighted by Crippen LogP contribution is -2.28. The van der Waals surface area contributed by atoms with Gasteiger partial charge in [0.05, 0.1) is 0 Å². The summed E-state index contributed by atoms with van der Waals surface area (Å²) < 4.78 is 0. The minimum Gasteiger partial charge on any atom is -0.477 e. The Hall–Kier alpha value is -1.42. The standard InChI is InChI=1S/C13H18N2O2/c1-15(11-4-2-3-5-11)9-10-6-7-14-12(8-10)13(16)17/h6-8,11H,2-5,9H2,1H3,(H,16,17). The monoisotopic (exact) mass is 234 g/mol. The van der Waals surface area contributed by atoms with Crippen LogP contribution in [0.1, 0.15) is 41.7 Å². The Labute approximate surface area is 101 Å². The van der Waals surface area contributed by atoms with E-state index in [0.29, 0.717) is 6.04 Å². The van der Waals surface area contributed by atoms with Crippen molar-refractivity contribution in [2.75, 3.05) is 7.05 Å². The van der Waals surface area contributed by atoms with Crippen molar-refractivity contribution in [3.8, 4) is 0 Å². The molecule has 1 fully saturated rings. The van der Waals surface area contributed by atoms with E-state index < -0.39 is 5.97 Å². The molecule has 0 spiro atoms. The van der Waals surface area contributed by atoms with E-state index in [-0.39, 0.29) is 5.69 Å². The highest BCUT2D eigenvalue weighted by Gasteiger charge is 2.19. The first-order valence-corrected chi connectivity index (χ1v) is 6.05. The van der Waals surface area contributed by atoms with Crippen molar-refractivity contribution in [2.24, 2.45) is 0 Å². The van der Waals surface area contributed by atoms with Crippen molar-refractivity contribution in [3.05, 3.63) is 29.6 Å². The average Bonchev–Trinajstić information content (AvgIpc) is 2.82. The number of carboxylic acids is 1. The third kappa shape index (κ3) is 3.03. The van der Waals surface area contributed by atoms with Crippen LogP contribution in [0.2, 0.25) is 0 Å². The molecule has 1 heterocycles. The zero-order valence-corrected chi connectivity index (χ0v) is 10.1. The summed E-state index contributed by atoms with van der Waals surface area (Å²) in [6.07, 6.45) is 6.71. The molecule has 4 nitrogen and oxygen atoms in total. The second-order valence-electron chi connectivity index (χ2n) is 4.71. The number of hydrogen-bond donors (Lipinski definition) is 1. The van der Waals surface area contributed by atoms with Crippen molar-refractivity contribution in [3.63, 3.8) is 0 Å². The quantitative estimate of drug-likeness (QED) is 0.867. The van der Waals surface area contributed by atoms with Crippen LogP contribution in [0, 0.1) is 0 Å². The van der Waals surface area contributed by atoms with Gasteiger partial charge < -0.3 is 5.11 Å².